The molecule has 0 aliphatic rings. The summed E-state index contributed by atoms with van der Waals surface area (Å²) in [5.41, 5.74) is 1.51. The predicted molar refractivity (Wildman–Crippen MR) is 79.4 cm³/mol. The summed E-state index contributed by atoms with van der Waals surface area (Å²) < 4.78 is 2.61. The molecule has 0 saturated heterocycles. The number of aromatic nitrogens is 2. The van der Waals surface area contributed by atoms with Crippen LogP contribution >= 0.6 is 15.9 Å². The van der Waals surface area contributed by atoms with Gasteiger partial charge in [-0.25, -0.2) is 4.68 Å². The number of nitrogens with zero attached hydrogens (tertiary/aromatic N) is 2. The van der Waals surface area contributed by atoms with Gasteiger partial charge in [-0.3, -0.25) is 4.79 Å². The van der Waals surface area contributed by atoms with Crippen molar-refractivity contribution >= 4 is 27.7 Å². The molecule has 0 atom stereocenters. The maximum Gasteiger partial charge on any atom is 0.257 e. The van der Waals surface area contributed by atoms with Gasteiger partial charge in [-0.05, 0) is 41.4 Å². The fourth-order valence-corrected chi connectivity index (χ4v) is 2.32. The molecule has 2 rings (SSSR count). The standard InChI is InChI=1S/C14H16BrN3O/c1-3-8-18-13(9-10(2)17-18)16-14(19)11-6-4-5-7-12(11)15/h4-7,9H,3,8H2,1-2H3,(H,16,19). The van der Waals surface area contributed by atoms with Gasteiger partial charge in [0.2, 0.25) is 0 Å². The summed E-state index contributed by atoms with van der Waals surface area (Å²) >= 11 is 3.38. The smallest absolute Gasteiger partial charge is 0.257 e. The highest BCUT2D eigenvalue weighted by molar-refractivity contribution is 9.10. The molecule has 1 N–H and O–H groups in total. The van der Waals surface area contributed by atoms with Gasteiger partial charge in [-0.15, -0.1) is 0 Å². The number of carbonyl (C=O) groups excluding carboxylic acids is 1. The number of carbonyl (C=O) groups is 1. The summed E-state index contributed by atoms with van der Waals surface area (Å²) in [6.07, 6.45) is 0.971. The molecule has 0 spiro atoms. The van der Waals surface area contributed by atoms with Crippen LogP contribution in [0.25, 0.3) is 0 Å². The van der Waals surface area contributed by atoms with Crippen molar-refractivity contribution in [2.45, 2.75) is 26.8 Å². The highest BCUT2D eigenvalue weighted by Gasteiger charge is 2.12. The second-order valence-electron chi connectivity index (χ2n) is 4.33. The molecule has 1 amide bonds. The van der Waals surface area contributed by atoms with Gasteiger partial charge in [-0.2, -0.15) is 5.10 Å². The van der Waals surface area contributed by atoms with Crippen LogP contribution in [0.1, 0.15) is 29.4 Å². The Bertz CT molecular complexity index is 592. The van der Waals surface area contributed by atoms with Gasteiger partial charge >= 0.3 is 0 Å². The van der Waals surface area contributed by atoms with Crippen LogP contribution < -0.4 is 5.32 Å². The van der Waals surface area contributed by atoms with E-state index in [4.69, 9.17) is 0 Å². The molecule has 1 heterocycles. The number of anilines is 1. The number of nitrogens with one attached hydrogen (secondary N) is 1. The zero-order valence-electron chi connectivity index (χ0n) is 11.0. The highest BCUT2D eigenvalue weighted by atomic mass is 79.9. The summed E-state index contributed by atoms with van der Waals surface area (Å²) in [6, 6.07) is 9.24. The maximum atomic E-state index is 12.2. The molecule has 2 aromatic rings. The molecule has 19 heavy (non-hydrogen) atoms. The van der Waals surface area contributed by atoms with E-state index in [-0.39, 0.29) is 5.91 Å². The van der Waals surface area contributed by atoms with Crippen LogP contribution in [-0.4, -0.2) is 15.7 Å². The monoisotopic (exact) mass is 321 g/mol. The Morgan fingerprint density at radius 2 is 2.16 bits per heavy atom. The topological polar surface area (TPSA) is 46.9 Å². The number of benzene rings is 1. The third-order valence-electron chi connectivity index (χ3n) is 2.70. The molecule has 0 aliphatic carbocycles. The van der Waals surface area contributed by atoms with Crippen molar-refractivity contribution < 1.29 is 4.79 Å². The molecule has 1 aromatic heterocycles. The van der Waals surface area contributed by atoms with Crippen molar-refractivity contribution in [3.63, 3.8) is 0 Å². The molecule has 5 heteroatoms. The van der Waals surface area contributed by atoms with Gasteiger partial charge < -0.3 is 5.32 Å². The van der Waals surface area contributed by atoms with Crippen molar-refractivity contribution in [3.8, 4) is 0 Å². The van der Waals surface area contributed by atoms with Crippen LogP contribution in [0.5, 0.6) is 0 Å². The van der Waals surface area contributed by atoms with Gasteiger partial charge in [0.15, 0.2) is 0 Å². The van der Waals surface area contributed by atoms with E-state index in [2.05, 4.69) is 33.3 Å². The van der Waals surface area contributed by atoms with Gasteiger partial charge in [0, 0.05) is 17.1 Å². The lowest BCUT2D eigenvalue weighted by Crippen LogP contribution is -2.16. The lowest BCUT2D eigenvalue weighted by molar-refractivity contribution is 0.102. The summed E-state index contributed by atoms with van der Waals surface area (Å²) in [5, 5.41) is 7.26. The average Bonchev–Trinajstić information content (AvgIpc) is 2.70. The summed E-state index contributed by atoms with van der Waals surface area (Å²) in [6.45, 7) is 4.79. The third-order valence-corrected chi connectivity index (χ3v) is 3.39. The SMILES string of the molecule is CCCn1nc(C)cc1NC(=O)c1ccccc1Br. The number of hydrogen-bond donors (Lipinski definition) is 1. The fraction of sp³-hybridized carbons (Fsp3) is 0.286. The maximum absolute atomic E-state index is 12.2. The first-order valence-corrected chi connectivity index (χ1v) is 7.01. The molecule has 0 aliphatic heterocycles. The predicted octanol–water partition coefficient (Wildman–Crippen LogP) is 3.62. The first-order valence-electron chi connectivity index (χ1n) is 6.22. The largest absolute Gasteiger partial charge is 0.307 e. The number of hydrogen-bond acceptors (Lipinski definition) is 2. The minimum Gasteiger partial charge on any atom is -0.307 e. The second-order valence-corrected chi connectivity index (χ2v) is 5.18. The quantitative estimate of drug-likeness (QED) is 0.934. The van der Waals surface area contributed by atoms with Crippen LogP contribution in [0.3, 0.4) is 0 Å². The van der Waals surface area contributed by atoms with Crippen molar-refractivity contribution in [2.75, 3.05) is 5.32 Å². The van der Waals surface area contributed by atoms with E-state index in [1.54, 1.807) is 6.07 Å². The van der Waals surface area contributed by atoms with Gasteiger partial charge in [-0.1, -0.05) is 19.1 Å². The number of rotatable bonds is 4. The van der Waals surface area contributed by atoms with Crippen LogP contribution in [0.4, 0.5) is 5.82 Å². The number of halogens is 1. The molecule has 4 nitrogen and oxygen atoms in total. The Hall–Kier alpha value is -1.62. The first-order chi connectivity index (χ1) is 9.11. The van der Waals surface area contributed by atoms with Gasteiger partial charge in [0.25, 0.3) is 5.91 Å². The zero-order valence-corrected chi connectivity index (χ0v) is 12.6. The van der Waals surface area contributed by atoms with E-state index in [9.17, 15) is 4.79 Å². The normalized spacial score (nSPS) is 10.5. The van der Waals surface area contributed by atoms with E-state index in [0.29, 0.717) is 5.56 Å². The van der Waals surface area contributed by atoms with Crippen LogP contribution in [0.2, 0.25) is 0 Å². The Morgan fingerprint density at radius 3 is 2.84 bits per heavy atom. The fourth-order valence-electron chi connectivity index (χ4n) is 1.86. The number of amides is 1. The minimum absolute atomic E-state index is 0.135. The Balaban J connectivity index is 2.22. The van der Waals surface area contributed by atoms with E-state index in [1.165, 1.54) is 0 Å². The Morgan fingerprint density at radius 1 is 1.42 bits per heavy atom. The van der Waals surface area contributed by atoms with E-state index in [1.807, 2.05) is 35.9 Å². The third kappa shape index (κ3) is 3.23. The van der Waals surface area contributed by atoms with E-state index < -0.39 is 0 Å². The lowest BCUT2D eigenvalue weighted by atomic mass is 10.2. The van der Waals surface area contributed by atoms with Gasteiger partial charge in [0.1, 0.15) is 5.82 Å². The first kappa shape index (κ1) is 13.8. The van der Waals surface area contributed by atoms with E-state index in [0.717, 1.165) is 29.0 Å². The summed E-state index contributed by atoms with van der Waals surface area (Å²) in [5.74, 6) is 0.602. The lowest BCUT2D eigenvalue weighted by Gasteiger charge is -2.08. The zero-order chi connectivity index (χ0) is 13.8. The summed E-state index contributed by atoms with van der Waals surface area (Å²) in [4.78, 5) is 12.2. The average molecular weight is 322 g/mol. The Kier molecular flexibility index (Phi) is 4.37. The molecule has 0 bridgehead atoms. The second kappa shape index (κ2) is 6.02. The minimum atomic E-state index is -0.135. The number of aryl methyl sites for hydroxylation is 2. The van der Waals surface area contributed by atoms with Crippen LogP contribution in [0, 0.1) is 6.92 Å². The van der Waals surface area contributed by atoms with Crippen molar-refractivity contribution in [2.24, 2.45) is 0 Å². The molecule has 0 unspecified atom stereocenters. The molecule has 100 valence electrons. The molecule has 1 aromatic carbocycles. The van der Waals surface area contributed by atoms with Crippen molar-refractivity contribution in [1.29, 1.82) is 0 Å². The highest BCUT2D eigenvalue weighted by Crippen LogP contribution is 2.18. The van der Waals surface area contributed by atoms with Gasteiger partial charge in [0.05, 0.1) is 11.3 Å². The molecule has 0 fully saturated rings. The molecular formula is C14H16BrN3O. The van der Waals surface area contributed by atoms with Crippen molar-refractivity contribution in [1.82, 2.24) is 9.78 Å². The van der Waals surface area contributed by atoms with Crippen molar-refractivity contribution in [3.05, 3.63) is 46.1 Å². The van der Waals surface area contributed by atoms with Crippen LogP contribution in [0.15, 0.2) is 34.8 Å². The summed E-state index contributed by atoms with van der Waals surface area (Å²) in [7, 11) is 0. The van der Waals surface area contributed by atoms with Crippen LogP contribution in [-0.2, 0) is 6.54 Å². The molecular weight excluding hydrogens is 306 g/mol. The molecule has 0 radical (unpaired) electrons. The van der Waals surface area contributed by atoms with E-state index >= 15 is 0 Å². The molecule has 0 saturated carbocycles. The Labute approximate surface area is 120 Å².